The van der Waals surface area contributed by atoms with Crippen LogP contribution in [0.15, 0.2) is 18.2 Å². The minimum atomic E-state index is -0.0617. The zero-order valence-electron chi connectivity index (χ0n) is 10.3. The summed E-state index contributed by atoms with van der Waals surface area (Å²) >= 11 is 5.93. The number of nitrogens with zero attached hydrogens (tertiary/aromatic N) is 1. The van der Waals surface area contributed by atoms with Crippen molar-refractivity contribution < 1.29 is 4.79 Å². The first kappa shape index (κ1) is 13.8. The third-order valence-electron chi connectivity index (χ3n) is 2.37. The van der Waals surface area contributed by atoms with Crippen molar-refractivity contribution in [3.05, 3.63) is 28.8 Å². The average Bonchev–Trinajstić information content (AvgIpc) is 2.28. The van der Waals surface area contributed by atoms with E-state index in [0.717, 1.165) is 0 Å². The summed E-state index contributed by atoms with van der Waals surface area (Å²) in [7, 11) is 3.43. The SMILES string of the molecule is CC(CN)Nc1cc(Cl)ccc1C(=O)N(C)C. The Morgan fingerprint density at radius 3 is 2.71 bits per heavy atom. The normalized spacial score (nSPS) is 12.1. The number of benzene rings is 1. The van der Waals surface area contributed by atoms with E-state index in [1.54, 1.807) is 32.3 Å². The molecule has 0 bridgehead atoms. The van der Waals surface area contributed by atoms with Gasteiger partial charge >= 0.3 is 0 Å². The summed E-state index contributed by atoms with van der Waals surface area (Å²) in [6.07, 6.45) is 0. The summed E-state index contributed by atoms with van der Waals surface area (Å²) in [5, 5.41) is 3.77. The van der Waals surface area contributed by atoms with Crippen LogP contribution in [0.25, 0.3) is 0 Å². The van der Waals surface area contributed by atoms with Gasteiger partial charge in [0.2, 0.25) is 0 Å². The molecular formula is C12H18ClN3O. The monoisotopic (exact) mass is 255 g/mol. The van der Waals surface area contributed by atoms with Crippen LogP contribution in [0.1, 0.15) is 17.3 Å². The summed E-state index contributed by atoms with van der Waals surface area (Å²) in [5.41, 5.74) is 6.87. The Labute approximate surface area is 107 Å². The first-order valence-corrected chi connectivity index (χ1v) is 5.81. The van der Waals surface area contributed by atoms with Crippen molar-refractivity contribution >= 4 is 23.2 Å². The highest BCUT2D eigenvalue weighted by atomic mass is 35.5. The molecule has 0 aliphatic heterocycles. The molecule has 0 aliphatic rings. The molecular weight excluding hydrogens is 238 g/mol. The number of hydrogen-bond donors (Lipinski definition) is 2. The quantitative estimate of drug-likeness (QED) is 0.863. The van der Waals surface area contributed by atoms with Gasteiger partial charge < -0.3 is 16.0 Å². The largest absolute Gasteiger partial charge is 0.381 e. The van der Waals surface area contributed by atoms with Gasteiger partial charge in [-0.25, -0.2) is 0 Å². The zero-order chi connectivity index (χ0) is 13.0. The Balaban J connectivity index is 3.07. The summed E-state index contributed by atoms with van der Waals surface area (Å²) in [4.78, 5) is 13.5. The number of nitrogens with two attached hydrogens (primary N) is 1. The average molecular weight is 256 g/mol. The molecule has 1 amide bonds. The van der Waals surface area contributed by atoms with Crippen molar-refractivity contribution in [2.24, 2.45) is 5.73 Å². The van der Waals surface area contributed by atoms with E-state index in [0.29, 0.717) is 22.8 Å². The minimum Gasteiger partial charge on any atom is -0.381 e. The molecule has 1 unspecified atom stereocenters. The maximum absolute atomic E-state index is 12.0. The van der Waals surface area contributed by atoms with Crippen molar-refractivity contribution in [1.29, 1.82) is 0 Å². The Kier molecular flexibility index (Phi) is 4.78. The second kappa shape index (κ2) is 5.89. The summed E-state index contributed by atoms with van der Waals surface area (Å²) in [6.45, 7) is 2.44. The van der Waals surface area contributed by atoms with Crippen LogP contribution in [0.5, 0.6) is 0 Å². The molecule has 0 aliphatic carbocycles. The number of carbonyl (C=O) groups is 1. The molecule has 3 N–H and O–H groups in total. The van der Waals surface area contributed by atoms with E-state index in [9.17, 15) is 4.79 Å². The van der Waals surface area contributed by atoms with Gasteiger partial charge in [-0.2, -0.15) is 0 Å². The molecule has 17 heavy (non-hydrogen) atoms. The number of carbonyl (C=O) groups excluding carboxylic acids is 1. The van der Waals surface area contributed by atoms with Crippen molar-refractivity contribution in [3.63, 3.8) is 0 Å². The molecule has 1 aromatic rings. The lowest BCUT2D eigenvalue weighted by atomic mass is 10.1. The van der Waals surface area contributed by atoms with Crippen LogP contribution in [0.4, 0.5) is 5.69 Å². The van der Waals surface area contributed by atoms with E-state index in [1.807, 2.05) is 6.92 Å². The predicted molar refractivity (Wildman–Crippen MR) is 71.6 cm³/mol. The number of halogens is 1. The Bertz CT molecular complexity index is 407. The standard InChI is InChI=1S/C12H18ClN3O/c1-8(7-14)15-11-6-9(13)4-5-10(11)12(17)16(2)3/h4-6,8,15H,7,14H2,1-3H3. The molecule has 0 heterocycles. The molecule has 0 fully saturated rings. The Hall–Kier alpha value is -1.26. The second-order valence-electron chi connectivity index (χ2n) is 4.17. The van der Waals surface area contributed by atoms with E-state index in [1.165, 1.54) is 4.90 Å². The third kappa shape index (κ3) is 3.61. The highest BCUT2D eigenvalue weighted by Gasteiger charge is 2.14. The Morgan fingerprint density at radius 1 is 1.53 bits per heavy atom. The smallest absolute Gasteiger partial charge is 0.255 e. The van der Waals surface area contributed by atoms with E-state index in [4.69, 9.17) is 17.3 Å². The molecule has 0 radical (unpaired) electrons. The molecule has 0 spiro atoms. The van der Waals surface area contributed by atoms with Gasteiger partial charge in [0.1, 0.15) is 0 Å². The van der Waals surface area contributed by atoms with Crippen molar-refractivity contribution in [2.45, 2.75) is 13.0 Å². The molecule has 1 atom stereocenters. The van der Waals surface area contributed by atoms with Crippen molar-refractivity contribution in [3.8, 4) is 0 Å². The topological polar surface area (TPSA) is 58.4 Å². The number of amides is 1. The van der Waals surface area contributed by atoms with Crippen LogP contribution in [-0.4, -0.2) is 37.5 Å². The molecule has 1 rings (SSSR count). The van der Waals surface area contributed by atoms with E-state index in [-0.39, 0.29) is 11.9 Å². The molecule has 0 saturated carbocycles. The van der Waals surface area contributed by atoms with Gasteiger partial charge in [0, 0.05) is 37.4 Å². The third-order valence-corrected chi connectivity index (χ3v) is 2.61. The predicted octanol–water partition coefficient (Wildman–Crippen LogP) is 1.80. The Morgan fingerprint density at radius 2 is 2.18 bits per heavy atom. The van der Waals surface area contributed by atoms with Gasteiger partial charge in [-0.3, -0.25) is 4.79 Å². The van der Waals surface area contributed by atoms with Crippen LogP contribution in [0.3, 0.4) is 0 Å². The fourth-order valence-electron chi connectivity index (χ4n) is 1.39. The van der Waals surface area contributed by atoms with Gasteiger partial charge in [0.25, 0.3) is 5.91 Å². The minimum absolute atomic E-state index is 0.0617. The first-order chi connectivity index (χ1) is 7.95. The summed E-state index contributed by atoms with van der Waals surface area (Å²) in [6, 6.07) is 5.25. The van der Waals surface area contributed by atoms with Gasteiger partial charge in [-0.1, -0.05) is 11.6 Å². The molecule has 0 saturated heterocycles. The molecule has 0 aromatic heterocycles. The maximum atomic E-state index is 12.0. The number of hydrogen-bond acceptors (Lipinski definition) is 3. The fourth-order valence-corrected chi connectivity index (χ4v) is 1.56. The van der Waals surface area contributed by atoms with E-state index in [2.05, 4.69) is 5.32 Å². The highest BCUT2D eigenvalue weighted by Crippen LogP contribution is 2.22. The molecule has 94 valence electrons. The number of nitrogens with one attached hydrogen (secondary N) is 1. The van der Waals surface area contributed by atoms with Gasteiger partial charge in [-0.15, -0.1) is 0 Å². The molecule has 5 heteroatoms. The zero-order valence-corrected chi connectivity index (χ0v) is 11.1. The van der Waals surface area contributed by atoms with Crippen LogP contribution in [-0.2, 0) is 0 Å². The lowest BCUT2D eigenvalue weighted by molar-refractivity contribution is 0.0828. The van der Waals surface area contributed by atoms with Gasteiger partial charge in [0.05, 0.1) is 5.56 Å². The lowest BCUT2D eigenvalue weighted by Gasteiger charge is -2.18. The number of rotatable bonds is 4. The van der Waals surface area contributed by atoms with Crippen LogP contribution >= 0.6 is 11.6 Å². The first-order valence-electron chi connectivity index (χ1n) is 5.43. The molecule has 4 nitrogen and oxygen atoms in total. The van der Waals surface area contributed by atoms with Crippen molar-refractivity contribution in [1.82, 2.24) is 4.90 Å². The van der Waals surface area contributed by atoms with Gasteiger partial charge in [0.15, 0.2) is 0 Å². The van der Waals surface area contributed by atoms with Crippen molar-refractivity contribution in [2.75, 3.05) is 26.0 Å². The van der Waals surface area contributed by atoms with Crippen LogP contribution < -0.4 is 11.1 Å². The fraction of sp³-hybridized carbons (Fsp3) is 0.417. The second-order valence-corrected chi connectivity index (χ2v) is 4.61. The van der Waals surface area contributed by atoms with E-state index >= 15 is 0 Å². The van der Waals surface area contributed by atoms with Crippen LogP contribution in [0.2, 0.25) is 5.02 Å². The highest BCUT2D eigenvalue weighted by molar-refractivity contribution is 6.31. The van der Waals surface area contributed by atoms with Crippen LogP contribution in [0, 0.1) is 0 Å². The number of anilines is 1. The van der Waals surface area contributed by atoms with E-state index < -0.39 is 0 Å². The lowest BCUT2D eigenvalue weighted by Crippen LogP contribution is -2.28. The summed E-state index contributed by atoms with van der Waals surface area (Å²) < 4.78 is 0. The maximum Gasteiger partial charge on any atom is 0.255 e. The van der Waals surface area contributed by atoms with Gasteiger partial charge in [-0.05, 0) is 25.1 Å². The summed E-state index contributed by atoms with van der Waals surface area (Å²) in [5.74, 6) is -0.0617. The molecule has 1 aromatic carbocycles.